The van der Waals surface area contributed by atoms with E-state index in [-0.39, 0.29) is 11.4 Å². The molecule has 0 bridgehead atoms. The van der Waals surface area contributed by atoms with E-state index in [0.29, 0.717) is 16.8 Å². The van der Waals surface area contributed by atoms with E-state index >= 15 is 0 Å². The maximum absolute atomic E-state index is 13.6. The summed E-state index contributed by atoms with van der Waals surface area (Å²) in [5, 5.41) is 6.97. The molecule has 18 heavy (non-hydrogen) atoms. The lowest BCUT2D eigenvalue weighted by molar-refractivity contribution is 0.379. The lowest BCUT2D eigenvalue weighted by Crippen LogP contribution is -2.24. The van der Waals surface area contributed by atoms with Crippen LogP contribution in [0, 0.1) is 10.6 Å². The third-order valence-corrected chi connectivity index (χ3v) is 2.99. The zero-order valence-corrected chi connectivity index (χ0v) is 11.5. The van der Waals surface area contributed by atoms with Crippen LogP contribution in [0.25, 0.3) is 0 Å². The van der Waals surface area contributed by atoms with Crippen molar-refractivity contribution < 1.29 is 4.39 Å². The van der Waals surface area contributed by atoms with Gasteiger partial charge in [-0.05, 0) is 44.6 Å². The molecule has 0 spiro atoms. The van der Waals surface area contributed by atoms with Gasteiger partial charge in [-0.15, -0.1) is 0 Å². The summed E-state index contributed by atoms with van der Waals surface area (Å²) in [7, 11) is 0. The Hall–Kier alpha value is -1.49. The molecule has 0 aliphatic rings. The molecule has 1 aromatic carbocycles. The topological polar surface area (TPSA) is 33.6 Å². The largest absolute Gasteiger partial charge is 0.298 e. The van der Waals surface area contributed by atoms with Gasteiger partial charge in [0.2, 0.25) is 0 Å². The third kappa shape index (κ3) is 2.51. The molecule has 1 heterocycles. The van der Waals surface area contributed by atoms with Gasteiger partial charge < -0.3 is 0 Å². The number of benzene rings is 1. The van der Waals surface area contributed by atoms with Crippen LogP contribution in [0.5, 0.6) is 0 Å². The van der Waals surface area contributed by atoms with Crippen molar-refractivity contribution in [3.05, 3.63) is 46.2 Å². The molecule has 0 amide bonds. The van der Waals surface area contributed by atoms with Crippen LogP contribution in [0.1, 0.15) is 32.2 Å². The van der Waals surface area contributed by atoms with E-state index in [4.69, 9.17) is 12.2 Å². The highest BCUT2D eigenvalue weighted by Crippen LogP contribution is 2.19. The first-order valence-corrected chi connectivity index (χ1v) is 6.20. The summed E-state index contributed by atoms with van der Waals surface area (Å²) < 4.78 is 16.1. The van der Waals surface area contributed by atoms with Gasteiger partial charge in [0.1, 0.15) is 11.6 Å². The van der Waals surface area contributed by atoms with Crippen LogP contribution in [0.15, 0.2) is 24.3 Å². The summed E-state index contributed by atoms with van der Waals surface area (Å²) in [4.78, 5) is 0. The first kappa shape index (κ1) is 13.0. The molecular formula is C13H16FN3S. The van der Waals surface area contributed by atoms with Gasteiger partial charge in [-0.25, -0.2) is 4.39 Å². The van der Waals surface area contributed by atoms with Crippen LogP contribution in [-0.4, -0.2) is 14.8 Å². The summed E-state index contributed by atoms with van der Waals surface area (Å²) in [6, 6.07) is 6.72. The third-order valence-electron chi connectivity index (χ3n) is 2.72. The van der Waals surface area contributed by atoms with Crippen molar-refractivity contribution in [3.63, 3.8) is 0 Å². The van der Waals surface area contributed by atoms with Gasteiger partial charge in [0.25, 0.3) is 0 Å². The van der Waals surface area contributed by atoms with E-state index in [1.54, 1.807) is 12.1 Å². The van der Waals surface area contributed by atoms with Crippen LogP contribution in [0.4, 0.5) is 4.39 Å². The Labute approximate surface area is 111 Å². The highest BCUT2D eigenvalue weighted by atomic mass is 32.1. The molecule has 2 rings (SSSR count). The molecule has 1 aromatic heterocycles. The monoisotopic (exact) mass is 265 g/mol. The van der Waals surface area contributed by atoms with Crippen molar-refractivity contribution >= 4 is 12.2 Å². The molecule has 96 valence electrons. The van der Waals surface area contributed by atoms with Crippen molar-refractivity contribution in [1.82, 2.24) is 14.8 Å². The zero-order valence-electron chi connectivity index (χ0n) is 10.7. The fourth-order valence-corrected chi connectivity index (χ4v) is 2.38. The second-order valence-electron chi connectivity index (χ2n) is 5.22. The predicted octanol–water partition coefficient (Wildman–Crippen LogP) is 3.43. The normalized spacial score (nSPS) is 11.8. The number of aromatic amines is 1. The highest BCUT2D eigenvalue weighted by molar-refractivity contribution is 7.71. The average molecular weight is 265 g/mol. The highest BCUT2D eigenvalue weighted by Gasteiger charge is 2.20. The fourth-order valence-electron chi connectivity index (χ4n) is 1.95. The Morgan fingerprint density at radius 2 is 2.00 bits per heavy atom. The quantitative estimate of drug-likeness (QED) is 0.844. The summed E-state index contributed by atoms with van der Waals surface area (Å²) in [5.74, 6) is 0.532. The lowest BCUT2D eigenvalue weighted by Gasteiger charge is -2.22. The lowest BCUT2D eigenvalue weighted by atomic mass is 10.1. The molecular weight excluding hydrogens is 249 g/mol. The molecule has 0 radical (unpaired) electrons. The van der Waals surface area contributed by atoms with E-state index in [9.17, 15) is 4.39 Å². The van der Waals surface area contributed by atoms with Crippen LogP contribution in [0.2, 0.25) is 0 Å². The minimum atomic E-state index is -0.216. The van der Waals surface area contributed by atoms with Gasteiger partial charge in [0, 0.05) is 12.0 Å². The Morgan fingerprint density at radius 1 is 1.33 bits per heavy atom. The second kappa shape index (κ2) is 4.65. The average Bonchev–Trinajstić information content (AvgIpc) is 2.62. The van der Waals surface area contributed by atoms with Crippen molar-refractivity contribution in [2.24, 2.45) is 0 Å². The van der Waals surface area contributed by atoms with E-state index in [2.05, 4.69) is 10.2 Å². The van der Waals surface area contributed by atoms with Gasteiger partial charge in [0.05, 0.1) is 0 Å². The van der Waals surface area contributed by atoms with Crippen molar-refractivity contribution in [2.45, 2.75) is 32.7 Å². The maximum Gasteiger partial charge on any atom is 0.195 e. The predicted molar refractivity (Wildman–Crippen MR) is 71.6 cm³/mol. The smallest absolute Gasteiger partial charge is 0.195 e. The SMILES string of the molecule is CC(C)(C)n1c(Cc2ccccc2F)n[nH]c1=S. The number of nitrogens with zero attached hydrogens (tertiary/aromatic N) is 2. The van der Waals surface area contributed by atoms with E-state index in [1.165, 1.54) is 6.07 Å². The van der Waals surface area contributed by atoms with E-state index in [0.717, 1.165) is 5.82 Å². The molecule has 1 N–H and O–H groups in total. The van der Waals surface area contributed by atoms with Crippen molar-refractivity contribution in [1.29, 1.82) is 0 Å². The molecule has 2 aromatic rings. The molecule has 0 saturated carbocycles. The summed E-state index contributed by atoms with van der Waals surface area (Å²) in [6.07, 6.45) is 0.428. The molecule has 0 saturated heterocycles. The van der Waals surface area contributed by atoms with Crippen molar-refractivity contribution in [2.75, 3.05) is 0 Å². The molecule has 0 aliphatic carbocycles. The fraction of sp³-hybridized carbons (Fsp3) is 0.385. The number of rotatable bonds is 2. The number of H-pyrrole nitrogens is 1. The van der Waals surface area contributed by atoms with Gasteiger partial charge in [-0.2, -0.15) is 5.10 Å². The number of hydrogen-bond donors (Lipinski definition) is 1. The number of hydrogen-bond acceptors (Lipinski definition) is 2. The molecule has 0 fully saturated rings. The minimum absolute atomic E-state index is 0.176. The Bertz CT molecular complexity index is 607. The van der Waals surface area contributed by atoms with Crippen LogP contribution < -0.4 is 0 Å². The second-order valence-corrected chi connectivity index (χ2v) is 5.61. The first-order chi connectivity index (χ1) is 8.39. The van der Waals surface area contributed by atoms with E-state index in [1.807, 2.05) is 31.4 Å². The van der Waals surface area contributed by atoms with Gasteiger partial charge in [0.15, 0.2) is 4.77 Å². The number of halogens is 1. The van der Waals surface area contributed by atoms with Crippen LogP contribution in [0.3, 0.4) is 0 Å². The van der Waals surface area contributed by atoms with E-state index < -0.39 is 0 Å². The molecule has 0 aliphatic heterocycles. The zero-order chi connectivity index (χ0) is 13.3. The van der Waals surface area contributed by atoms with Crippen molar-refractivity contribution in [3.8, 4) is 0 Å². The molecule has 0 unspecified atom stereocenters. The first-order valence-electron chi connectivity index (χ1n) is 5.80. The maximum atomic E-state index is 13.6. The standard InChI is InChI=1S/C13H16FN3S/c1-13(2,3)17-11(15-16-12(17)18)8-9-6-4-5-7-10(9)14/h4-7H,8H2,1-3H3,(H,16,18). The van der Waals surface area contributed by atoms with Crippen LogP contribution in [-0.2, 0) is 12.0 Å². The Kier molecular flexibility index (Phi) is 3.34. The molecule has 0 atom stereocenters. The number of aromatic nitrogens is 3. The summed E-state index contributed by atoms with van der Waals surface area (Å²) in [6.45, 7) is 6.13. The van der Waals surface area contributed by atoms with Gasteiger partial charge in [-0.1, -0.05) is 18.2 Å². The Morgan fingerprint density at radius 3 is 2.61 bits per heavy atom. The summed E-state index contributed by atoms with van der Waals surface area (Å²) in [5.41, 5.74) is 0.446. The molecule has 5 heteroatoms. The summed E-state index contributed by atoms with van der Waals surface area (Å²) >= 11 is 5.22. The Balaban J connectivity index is 2.43. The minimum Gasteiger partial charge on any atom is -0.298 e. The van der Waals surface area contributed by atoms with Crippen LogP contribution >= 0.6 is 12.2 Å². The van der Waals surface area contributed by atoms with Gasteiger partial charge >= 0.3 is 0 Å². The van der Waals surface area contributed by atoms with Gasteiger partial charge in [-0.3, -0.25) is 9.67 Å². The molecule has 3 nitrogen and oxygen atoms in total. The number of nitrogens with one attached hydrogen (secondary N) is 1.